The molecule has 3 aromatic carbocycles. The number of piperazine rings is 1. The number of hydrogen-bond acceptors (Lipinski definition) is 14. The van der Waals surface area contributed by atoms with Crippen LogP contribution in [0, 0.1) is 13.8 Å². The SMILES string of the molecule is Cc1cc(-c2nccc(COc3ccccc3CC(Oc3nsc4cnc(C5CCC5)c(-c5ccc(OCCN6CCN(C)CC6)c(Cl)c5C)c34)C3OC3O)n2)ccc1S(=O)(=O)N1CCCC1. The summed E-state index contributed by atoms with van der Waals surface area (Å²) in [6.07, 6.45) is 6.78. The maximum absolute atomic E-state index is 13.3. The van der Waals surface area contributed by atoms with Crippen molar-refractivity contribution in [1.29, 1.82) is 0 Å². The minimum Gasteiger partial charge on any atom is -0.491 e. The molecule has 3 aliphatic heterocycles. The lowest BCUT2D eigenvalue weighted by molar-refractivity contribution is 0.134. The Labute approximate surface area is 401 Å². The molecule has 17 heteroatoms. The topological polar surface area (TPSA) is 156 Å². The third kappa shape index (κ3) is 9.77. The fourth-order valence-electron chi connectivity index (χ4n) is 9.37. The van der Waals surface area contributed by atoms with E-state index in [0.29, 0.717) is 82.0 Å². The maximum atomic E-state index is 13.3. The number of hydrogen-bond donors (Lipinski definition) is 1. The standard InChI is InChI=1S/C50H56ClN7O7S2/c1-31-27-35(13-16-42(31)67(60,61)58-19-6-7-20-58)48-52-18-17-36(54-48)30-63-38-12-5-4-9-34(38)28-40(47-50(59)65-47)64-49-44-41(66-55-49)29-53-46(33-10-8-11-33)43(44)37-14-15-39(45(51)32(37)2)62-26-25-57-23-21-56(3)22-24-57/h4-5,9,12-18,27,29,33,40,47,50,59H,6-8,10-11,19-26,28,30H2,1-3H3. The number of aliphatic hydroxyl groups excluding tert-OH is 1. The van der Waals surface area contributed by atoms with E-state index in [1.165, 1.54) is 11.5 Å². The van der Waals surface area contributed by atoms with Crippen LogP contribution >= 0.6 is 23.1 Å². The van der Waals surface area contributed by atoms with Gasteiger partial charge in [-0.1, -0.05) is 42.3 Å². The predicted octanol–water partition coefficient (Wildman–Crippen LogP) is 8.05. The highest BCUT2D eigenvalue weighted by Gasteiger charge is 2.46. The van der Waals surface area contributed by atoms with Crippen LogP contribution in [0.5, 0.6) is 17.4 Å². The molecule has 10 rings (SSSR count). The molecule has 3 unspecified atom stereocenters. The molecule has 3 saturated heterocycles. The van der Waals surface area contributed by atoms with Crippen molar-refractivity contribution in [3.63, 3.8) is 0 Å². The molecule has 4 fully saturated rings. The van der Waals surface area contributed by atoms with Crippen molar-refractivity contribution < 1.29 is 32.5 Å². The van der Waals surface area contributed by atoms with E-state index in [4.69, 9.17) is 44.9 Å². The van der Waals surface area contributed by atoms with Crippen LogP contribution in [0.2, 0.25) is 5.02 Å². The first-order valence-electron chi connectivity index (χ1n) is 23.3. The average molecular weight is 967 g/mol. The minimum atomic E-state index is -3.56. The highest BCUT2D eigenvalue weighted by Crippen LogP contribution is 2.49. The Kier molecular flexibility index (Phi) is 13.5. The van der Waals surface area contributed by atoms with Gasteiger partial charge in [0.25, 0.3) is 0 Å². The van der Waals surface area contributed by atoms with Gasteiger partial charge in [0, 0.05) is 81.7 Å². The number of fused-ring (bicyclic) bond motifs is 1. The number of para-hydroxylation sites is 1. The molecule has 0 radical (unpaired) electrons. The van der Waals surface area contributed by atoms with E-state index in [9.17, 15) is 13.5 Å². The molecule has 1 aliphatic carbocycles. The summed E-state index contributed by atoms with van der Waals surface area (Å²) in [5, 5.41) is 12.1. The lowest BCUT2D eigenvalue weighted by Crippen LogP contribution is -2.45. The quantitative estimate of drug-likeness (QED) is 0.0878. The molecule has 6 aromatic rings. The van der Waals surface area contributed by atoms with Gasteiger partial charge in [0.2, 0.25) is 15.9 Å². The van der Waals surface area contributed by atoms with Crippen molar-refractivity contribution in [2.24, 2.45) is 0 Å². The lowest BCUT2D eigenvalue weighted by Gasteiger charge is -2.32. The molecule has 67 heavy (non-hydrogen) atoms. The van der Waals surface area contributed by atoms with Crippen molar-refractivity contribution >= 4 is 43.2 Å². The van der Waals surface area contributed by atoms with Crippen LogP contribution in [-0.2, 0) is 27.8 Å². The number of aryl methyl sites for hydroxylation is 1. The second-order valence-electron chi connectivity index (χ2n) is 18.1. The summed E-state index contributed by atoms with van der Waals surface area (Å²) in [7, 11) is -1.40. The number of pyridine rings is 1. The molecule has 352 valence electrons. The van der Waals surface area contributed by atoms with Crippen molar-refractivity contribution in [3.8, 4) is 39.9 Å². The van der Waals surface area contributed by atoms with E-state index in [2.05, 4.69) is 27.9 Å². The average Bonchev–Trinajstić information content (AvgIpc) is 3.61. The summed E-state index contributed by atoms with van der Waals surface area (Å²) in [6, 6.07) is 18.8. The van der Waals surface area contributed by atoms with Crippen LogP contribution in [-0.4, -0.2) is 125 Å². The number of aromatic nitrogens is 4. The Hall–Kier alpha value is -4.78. The molecule has 3 atom stereocenters. The predicted molar refractivity (Wildman–Crippen MR) is 259 cm³/mol. The Bertz CT molecular complexity index is 2870. The van der Waals surface area contributed by atoms with Gasteiger partial charge in [-0.05, 0) is 117 Å². The third-order valence-corrected chi connectivity index (χ3v) is 16.9. The van der Waals surface area contributed by atoms with Gasteiger partial charge in [0.05, 0.1) is 31.4 Å². The highest BCUT2D eigenvalue weighted by atomic mass is 35.5. The zero-order valence-corrected chi connectivity index (χ0v) is 40.5. The van der Waals surface area contributed by atoms with E-state index in [1.54, 1.807) is 35.6 Å². The van der Waals surface area contributed by atoms with E-state index < -0.39 is 28.5 Å². The zero-order chi connectivity index (χ0) is 46.2. The fraction of sp³-hybridized carbons (Fsp3) is 0.440. The first kappa shape index (κ1) is 46.0. The largest absolute Gasteiger partial charge is 0.491 e. The first-order valence-corrected chi connectivity index (χ1v) is 25.9. The molecular weight excluding hydrogens is 910 g/mol. The van der Waals surface area contributed by atoms with Crippen molar-refractivity contribution in [3.05, 3.63) is 106 Å². The van der Waals surface area contributed by atoms with Gasteiger partial charge >= 0.3 is 0 Å². The fourth-order valence-corrected chi connectivity index (χ4v) is 12.0. The first-order chi connectivity index (χ1) is 32.5. The molecule has 0 amide bonds. The number of aliphatic hydroxyl groups is 1. The third-order valence-electron chi connectivity index (χ3n) is 13.6. The molecule has 6 heterocycles. The molecule has 14 nitrogen and oxygen atoms in total. The number of ether oxygens (including phenoxy) is 4. The van der Waals surface area contributed by atoms with Crippen LogP contribution in [0.1, 0.15) is 66.1 Å². The normalized spacial score (nSPS) is 20.0. The van der Waals surface area contributed by atoms with Crippen LogP contribution in [0.15, 0.2) is 78.0 Å². The van der Waals surface area contributed by atoms with E-state index in [1.807, 2.05) is 49.5 Å². The molecule has 4 aliphatic rings. The molecule has 0 bridgehead atoms. The van der Waals surface area contributed by atoms with Crippen molar-refractivity contribution in [2.45, 2.75) is 88.3 Å². The van der Waals surface area contributed by atoms with E-state index in [0.717, 1.165) is 103 Å². The summed E-state index contributed by atoms with van der Waals surface area (Å²) < 4.78 is 59.2. The Balaban J connectivity index is 0.880. The number of rotatable bonds is 17. The number of epoxide rings is 1. The van der Waals surface area contributed by atoms with Gasteiger partial charge in [-0.2, -0.15) is 8.68 Å². The Morgan fingerprint density at radius 2 is 1.73 bits per heavy atom. The van der Waals surface area contributed by atoms with E-state index in [-0.39, 0.29) is 6.61 Å². The highest BCUT2D eigenvalue weighted by molar-refractivity contribution is 7.89. The van der Waals surface area contributed by atoms with Crippen molar-refractivity contribution in [2.75, 3.05) is 59.5 Å². The second kappa shape index (κ2) is 19.7. The lowest BCUT2D eigenvalue weighted by atomic mass is 9.79. The second-order valence-corrected chi connectivity index (χ2v) is 21.2. The van der Waals surface area contributed by atoms with Gasteiger partial charge in [-0.3, -0.25) is 9.88 Å². The summed E-state index contributed by atoms with van der Waals surface area (Å²) >= 11 is 8.47. The van der Waals surface area contributed by atoms with Crippen LogP contribution in [0.3, 0.4) is 0 Å². The maximum Gasteiger partial charge on any atom is 0.243 e. The van der Waals surface area contributed by atoms with Gasteiger partial charge in [-0.15, -0.1) is 0 Å². The Morgan fingerprint density at radius 3 is 2.48 bits per heavy atom. The summed E-state index contributed by atoms with van der Waals surface area (Å²) in [4.78, 5) is 19.4. The number of benzene rings is 3. The van der Waals surface area contributed by atoms with Gasteiger partial charge in [0.15, 0.2) is 12.1 Å². The number of sulfonamides is 1. The summed E-state index contributed by atoms with van der Waals surface area (Å²) in [5.41, 5.74) is 6.72. The summed E-state index contributed by atoms with van der Waals surface area (Å²) in [6.45, 7) is 10.6. The smallest absolute Gasteiger partial charge is 0.243 e. The number of halogens is 1. The van der Waals surface area contributed by atoms with E-state index >= 15 is 0 Å². The van der Waals surface area contributed by atoms with Gasteiger partial charge < -0.3 is 29.0 Å². The van der Waals surface area contributed by atoms with Crippen LogP contribution in [0.4, 0.5) is 0 Å². The molecule has 3 aromatic heterocycles. The number of likely N-dealkylation sites (N-methyl/N-ethyl adjacent to an activating group) is 1. The molecular formula is C50H56ClN7O7S2. The van der Waals surface area contributed by atoms with Gasteiger partial charge in [0.1, 0.15) is 36.9 Å². The monoisotopic (exact) mass is 965 g/mol. The van der Waals surface area contributed by atoms with Crippen LogP contribution < -0.4 is 14.2 Å². The number of nitrogens with zero attached hydrogens (tertiary/aromatic N) is 7. The molecule has 0 spiro atoms. The molecule has 1 saturated carbocycles. The minimum absolute atomic E-state index is 0.153. The van der Waals surface area contributed by atoms with Crippen molar-refractivity contribution in [1.82, 2.24) is 33.4 Å². The van der Waals surface area contributed by atoms with Gasteiger partial charge in [-0.25, -0.2) is 18.4 Å². The molecule has 1 N–H and O–H groups in total. The Morgan fingerprint density at radius 1 is 0.940 bits per heavy atom. The van der Waals surface area contributed by atoms with Crippen LogP contribution in [0.25, 0.3) is 32.6 Å². The zero-order valence-electron chi connectivity index (χ0n) is 38.1. The summed E-state index contributed by atoms with van der Waals surface area (Å²) in [5.74, 6) is 2.53.